The van der Waals surface area contributed by atoms with Crippen molar-refractivity contribution in [2.75, 3.05) is 0 Å². The lowest BCUT2D eigenvalue weighted by Crippen LogP contribution is -2.00. The second kappa shape index (κ2) is 20.1. The first-order valence-electron chi connectivity index (χ1n) is 13.4. The molecule has 0 unspecified atom stereocenters. The second-order valence-electron chi connectivity index (χ2n) is 9.30. The molecule has 0 spiro atoms. The lowest BCUT2D eigenvalue weighted by atomic mass is 10.0. The Morgan fingerprint density at radius 1 is 0.588 bits per heavy atom. The van der Waals surface area contributed by atoms with Crippen LogP contribution < -0.4 is 0 Å². The molecule has 2 aromatic carbocycles. The number of carboxylic acid groups (broad SMARTS) is 2. The third kappa shape index (κ3) is 15.5. The fourth-order valence-electron chi connectivity index (χ4n) is 4.26. The van der Waals surface area contributed by atoms with E-state index < -0.39 is 11.9 Å². The van der Waals surface area contributed by atoms with Gasteiger partial charge in [0.1, 0.15) is 0 Å². The molecule has 0 aliphatic rings. The minimum atomic E-state index is -0.790. The first kappa shape index (κ1) is 29.7. The molecule has 2 N–H and O–H groups in total. The standard InChI is InChI=1S/C18H36O2.C12H10O2/c1-2-3-4-5-6-7-8-9-10-11-12-13-14-15-16-17-18(19)20;13-12(14)8-10-6-3-5-9-4-1-2-7-11(9)10/h2-17H2,1H3,(H,19,20);1-7H,8H2,(H,13,14). The van der Waals surface area contributed by atoms with Gasteiger partial charge in [-0.1, -0.05) is 139 Å². The van der Waals surface area contributed by atoms with E-state index in [2.05, 4.69) is 6.92 Å². The van der Waals surface area contributed by atoms with Crippen LogP contribution in [0.3, 0.4) is 0 Å². The smallest absolute Gasteiger partial charge is 0.307 e. The highest BCUT2D eigenvalue weighted by Gasteiger charge is 2.04. The molecule has 0 aliphatic carbocycles. The van der Waals surface area contributed by atoms with Gasteiger partial charge >= 0.3 is 11.9 Å². The molecule has 190 valence electrons. The van der Waals surface area contributed by atoms with Crippen LogP contribution in [0.2, 0.25) is 0 Å². The van der Waals surface area contributed by atoms with E-state index in [0.29, 0.717) is 6.42 Å². The summed E-state index contributed by atoms with van der Waals surface area (Å²) in [7, 11) is 0. The summed E-state index contributed by atoms with van der Waals surface area (Å²) in [5, 5.41) is 19.4. The topological polar surface area (TPSA) is 74.6 Å². The monoisotopic (exact) mass is 470 g/mol. The molecule has 4 heteroatoms. The number of hydrogen-bond donors (Lipinski definition) is 2. The van der Waals surface area contributed by atoms with Crippen molar-refractivity contribution >= 4 is 22.7 Å². The summed E-state index contributed by atoms with van der Waals surface area (Å²) in [6, 6.07) is 13.5. The summed E-state index contributed by atoms with van der Waals surface area (Å²) in [5.41, 5.74) is 0.871. The van der Waals surface area contributed by atoms with Crippen molar-refractivity contribution in [3.63, 3.8) is 0 Å². The second-order valence-corrected chi connectivity index (χ2v) is 9.30. The number of carbonyl (C=O) groups is 2. The number of fused-ring (bicyclic) bond motifs is 1. The lowest BCUT2D eigenvalue weighted by molar-refractivity contribution is -0.137. The number of hydrogen-bond acceptors (Lipinski definition) is 2. The predicted octanol–water partition coefficient (Wildman–Crippen LogP) is 8.80. The zero-order valence-corrected chi connectivity index (χ0v) is 21.3. The van der Waals surface area contributed by atoms with Gasteiger partial charge in [-0.25, -0.2) is 0 Å². The van der Waals surface area contributed by atoms with Gasteiger partial charge in [-0.3, -0.25) is 9.59 Å². The molecule has 2 rings (SSSR count). The summed E-state index contributed by atoms with van der Waals surface area (Å²) >= 11 is 0. The van der Waals surface area contributed by atoms with Crippen LogP contribution in [0.4, 0.5) is 0 Å². The molecule has 0 saturated carbocycles. The van der Waals surface area contributed by atoms with Gasteiger partial charge in [0.25, 0.3) is 0 Å². The molecular weight excluding hydrogens is 424 g/mol. The van der Waals surface area contributed by atoms with E-state index >= 15 is 0 Å². The number of benzene rings is 2. The Bertz CT molecular complexity index is 794. The zero-order valence-electron chi connectivity index (χ0n) is 21.3. The minimum absolute atomic E-state index is 0.0847. The molecule has 0 atom stereocenters. The van der Waals surface area contributed by atoms with Crippen LogP contribution in [-0.2, 0) is 16.0 Å². The summed E-state index contributed by atoms with van der Waals surface area (Å²) < 4.78 is 0. The maximum Gasteiger partial charge on any atom is 0.307 e. The number of aliphatic carboxylic acids is 2. The molecule has 0 aliphatic heterocycles. The molecule has 0 heterocycles. The van der Waals surface area contributed by atoms with E-state index in [1.54, 1.807) is 0 Å². The van der Waals surface area contributed by atoms with Gasteiger partial charge < -0.3 is 10.2 Å². The van der Waals surface area contributed by atoms with Crippen molar-refractivity contribution < 1.29 is 19.8 Å². The number of unbranched alkanes of at least 4 members (excludes halogenated alkanes) is 14. The van der Waals surface area contributed by atoms with Crippen LogP contribution in [0.15, 0.2) is 42.5 Å². The molecule has 0 saturated heterocycles. The van der Waals surface area contributed by atoms with E-state index in [9.17, 15) is 9.59 Å². The Morgan fingerprint density at radius 2 is 1.06 bits per heavy atom. The normalized spacial score (nSPS) is 10.6. The highest BCUT2D eigenvalue weighted by atomic mass is 16.4. The van der Waals surface area contributed by atoms with Crippen molar-refractivity contribution in [2.45, 2.75) is 116 Å². The van der Waals surface area contributed by atoms with Crippen LogP contribution in [0, 0.1) is 0 Å². The van der Waals surface area contributed by atoms with Gasteiger partial charge in [0, 0.05) is 6.42 Å². The Morgan fingerprint density at radius 3 is 1.56 bits per heavy atom. The molecule has 34 heavy (non-hydrogen) atoms. The van der Waals surface area contributed by atoms with Crippen molar-refractivity contribution in [3.05, 3.63) is 48.0 Å². The fourth-order valence-corrected chi connectivity index (χ4v) is 4.26. The highest BCUT2D eigenvalue weighted by Crippen LogP contribution is 2.18. The maximum atomic E-state index is 10.6. The van der Waals surface area contributed by atoms with Gasteiger partial charge in [-0.05, 0) is 22.8 Å². The third-order valence-electron chi connectivity index (χ3n) is 6.22. The van der Waals surface area contributed by atoms with Gasteiger partial charge in [0.05, 0.1) is 6.42 Å². The van der Waals surface area contributed by atoms with Crippen LogP contribution >= 0.6 is 0 Å². The third-order valence-corrected chi connectivity index (χ3v) is 6.22. The lowest BCUT2D eigenvalue weighted by Gasteiger charge is -2.03. The first-order valence-corrected chi connectivity index (χ1v) is 13.4. The largest absolute Gasteiger partial charge is 0.481 e. The van der Waals surface area contributed by atoms with E-state index in [-0.39, 0.29) is 6.42 Å². The summed E-state index contributed by atoms with van der Waals surface area (Å²) in [6.45, 7) is 2.27. The quantitative estimate of drug-likeness (QED) is 0.213. The van der Waals surface area contributed by atoms with Crippen molar-refractivity contribution in [1.29, 1.82) is 0 Å². The Balaban J connectivity index is 0.000000358. The first-order chi connectivity index (χ1) is 16.5. The van der Waals surface area contributed by atoms with E-state index in [0.717, 1.165) is 29.2 Å². The summed E-state index contributed by atoms with van der Waals surface area (Å²) in [5.74, 6) is -1.44. The van der Waals surface area contributed by atoms with Crippen molar-refractivity contribution in [1.82, 2.24) is 0 Å². The average molecular weight is 471 g/mol. The maximum absolute atomic E-state index is 10.6. The van der Waals surface area contributed by atoms with Gasteiger partial charge in [0.15, 0.2) is 0 Å². The molecule has 0 bridgehead atoms. The molecule has 0 amide bonds. The van der Waals surface area contributed by atoms with Gasteiger partial charge in [-0.2, -0.15) is 0 Å². The van der Waals surface area contributed by atoms with Crippen molar-refractivity contribution in [2.24, 2.45) is 0 Å². The minimum Gasteiger partial charge on any atom is -0.481 e. The number of rotatable bonds is 18. The zero-order chi connectivity index (χ0) is 24.9. The Labute approximate surface area is 206 Å². The molecular formula is C30H46O4. The SMILES string of the molecule is CCCCCCCCCCCCCCCCCC(=O)O.O=C(O)Cc1cccc2ccccc12. The average Bonchev–Trinajstić information content (AvgIpc) is 2.82. The summed E-state index contributed by atoms with van der Waals surface area (Å²) in [6.07, 6.45) is 20.3. The van der Waals surface area contributed by atoms with Crippen molar-refractivity contribution in [3.8, 4) is 0 Å². The van der Waals surface area contributed by atoms with Gasteiger partial charge in [-0.15, -0.1) is 0 Å². The fraction of sp³-hybridized carbons (Fsp3) is 0.600. The van der Waals surface area contributed by atoms with Crippen LogP contribution in [0.5, 0.6) is 0 Å². The molecule has 0 radical (unpaired) electrons. The molecule has 0 fully saturated rings. The van der Waals surface area contributed by atoms with Crippen LogP contribution in [0.25, 0.3) is 10.8 Å². The molecule has 4 nitrogen and oxygen atoms in total. The van der Waals surface area contributed by atoms with E-state index in [1.807, 2.05) is 42.5 Å². The summed E-state index contributed by atoms with van der Waals surface area (Å²) in [4.78, 5) is 20.9. The predicted molar refractivity (Wildman–Crippen MR) is 142 cm³/mol. The Hall–Kier alpha value is -2.36. The van der Waals surface area contributed by atoms with E-state index in [4.69, 9.17) is 10.2 Å². The number of carboxylic acids is 2. The molecule has 0 aromatic heterocycles. The highest BCUT2D eigenvalue weighted by molar-refractivity contribution is 5.88. The van der Waals surface area contributed by atoms with Crippen LogP contribution in [-0.4, -0.2) is 22.2 Å². The molecule has 2 aromatic rings. The Kier molecular flexibility index (Phi) is 17.5. The van der Waals surface area contributed by atoms with Gasteiger partial charge in [0.2, 0.25) is 0 Å². The van der Waals surface area contributed by atoms with E-state index in [1.165, 1.54) is 83.5 Å². The van der Waals surface area contributed by atoms with Crippen LogP contribution in [0.1, 0.15) is 115 Å².